The molecule has 3 rings (SSSR count). The van der Waals surface area contributed by atoms with E-state index in [1.807, 2.05) is 24.3 Å². The van der Waals surface area contributed by atoms with Crippen LogP contribution in [0.3, 0.4) is 0 Å². The standard InChI is InChI=1S/C19H19N5O3S/c1-2-23-28(26,27)17-12-22-11-16(24-17)18(19(20)25)14-7-5-13(6-8-14)15-4-3-9-21-10-15/h3-12,18,23H,2H2,1H3,(H2,20,25). The van der Waals surface area contributed by atoms with Gasteiger partial charge in [0.05, 0.1) is 11.9 Å². The van der Waals surface area contributed by atoms with Crippen molar-refractivity contribution in [3.63, 3.8) is 0 Å². The van der Waals surface area contributed by atoms with E-state index in [1.165, 1.54) is 6.20 Å². The monoisotopic (exact) mass is 397 g/mol. The molecule has 2 aromatic heterocycles. The van der Waals surface area contributed by atoms with Crippen LogP contribution < -0.4 is 10.5 Å². The Morgan fingerprint density at radius 2 is 1.82 bits per heavy atom. The van der Waals surface area contributed by atoms with E-state index in [4.69, 9.17) is 5.73 Å². The lowest BCUT2D eigenvalue weighted by molar-refractivity contribution is -0.118. The second-order valence-electron chi connectivity index (χ2n) is 5.98. The Labute approximate surface area is 162 Å². The summed E-state index contributed by atoms with van der Waals surface area (Å²) in [5.74, 6) is -1.58. The van der Waals surface area contributed by atoms with Gasteiger partial charge in [-0.3, -0.25) is 14.8 Å². The van der Waals surface area contributed by atoms with E-state index in [2.05, 4.69) is 19.7 Å². The van der Waals surface area contributed by atoms with Crippen LogP contribution in [-0.4, -0.2) is 35.8 Å². The Morgan fingerprint density at radius 1 is 1.07 bits per heavy atom. The number of hydrogen-bond donors (Lipinski definition) is 2. The summed E-state index contributed by atoms with van der Waals surface area (Å²) in [5, 5.41) is -0.259. The molecule has 144 valence electrons. The first-order valence-electron chi connectivity index (χ1n) is 8.53. The smallest absolute Gasteiger partial charge is 0.259 e. The zero-order valence-corrected chi connectivity index (χ0v) is 15.9. The van der Waals surface area contributed by atoms with Crippen LogP contribution in [0, 0.1) is 0 Å². The van der Waals surface area contributed by atoms with Gasteiger partial charge in [0.1, 0.15) is 5.92 Å². The molecule has 3 N–H and O–H groups in total. The Balaban J connectivity index is 1.98. The van der Waals surface area contributed by atoms with E-state index in [9.17, 15) is 13.2 Å². The van der Waals surface area contributed by atoms with E-state index in [1.54, 1.807) is 31.5 Å². The minimum atomic E-state index is -3.80. The quantitative estimate of drug-likeness (QED) is 0.621. The molecular weight excluding hydrogens is 378 g/mol. The first kappa shape index (κ1) is 19.6. The number of primary amides is 1. The summed E-state index contributed by atoms with van der Waals surface area (Å²) in [7, 11) is -3.80. The van der Waals surface area contributed by atoms with Crippen LogP contribution in [0.25, 0.3) is 11.1 Å². The molecule has 1 atom stereocenters. The molecule has 0 aliphatic rings. The molecular formula is C19H19N5O3S. The van der Waals surface area contributed by atoms with Crippen molar-refractivity contribution in [2.75, 3.05) is 6.54 Å². The highest BCUT2D eigenvalue weighted by Gasteiger charge is 2.25. The molecule has 0 fully saturated rings. The van der Waals surface area contributed by atoms with Gasteiger partial charge in [-0.1, -0.05) is 37.3 Å². The molecule has 0 saturated carbocycles. The van der Waals surface area contributed by atoms with Gasteiger partial charge in [0.15, 0.2) is 5.03 Å². The van der Waals surface area contributed by atoms with Crippen LogP contribution in [0.5, 0.6) is 0 Å². The van der Waals surface area contributed by atoms with Gasteiger partial charge in [-0.2, -0.15) is 0 Å². The van der Waals surface area contributed by atoms with Gasteiger partial charge in [0, 0.05) is 25.1 Å². The van der Waals surface area contributed by atoms with Crippen molar-refractivity contribution in [1.29, 1.82) is 0 Å². The first-order chi connectivity index (χ1) is 13.4. The predicted octanol–water partition coefficient (Wildman–Crippen LogP) is 1.45. The molecule has 0 aliphatic heterocycles. The largest absolute Gasteiger partial charge is 0.369 e. The molecule has 1 unspecified atom stereocenters. The summed E-state index contributed by atoms with van der Waals surface area (Å²) in [5.41, 5.74) is 8.20. The number of nitrogens with one attached hydrogen (secondary N) is 1. The van der Waals surface area contributed by atoms with Crippen molar-refractivity contribution in [3.8, 4) is 11.1 Å². The highest BCUT2D eigenvalue weighted by molar-refractivity contribution is 7.89. The lowest BCUT2D eigenvalue weighted by Crippen LogP contribution is -2.27. The van der Waals surface area contributed by atoms with Crippen LogP contribution in [0.1, 0.15) is 24.1 Å². The summed E-state index contributed by atoms with van der Waals surface area (Å²) >= 11 is 0. The molecule has 2 heterocycles. The fraction of sp³-hybridized carbons (Fsp3) is 0.158. The average molecular weight is 397 g/mol. The fourth-order valence-electron chi connectivity index (χ4n) is 2.78. The minimum Gasteiger partial charge on any atom is -0.369 e. The van der Waals surface area contributed by atoms with Crippen molar-refractivity contribution in [1.82, 2.24) is 19.7 Å². The Morgan fingerprint density at radius 3 is 2.43 bits per heavy atom. The van der Waals surface area contributed by atoms with E-state index in [0.29, 0.717) is 5.56 Å². The number of aromatic nitrogens is 3. The van der Waals surface area contributed by atoms with Crippen molar-refractivity contribution in [2.45, 2.75) is 17.9 Å². The van der Waals surface area contributed by atoms with Crippen molar-refractivity contribution < 1.29 is 13.2 Å². The van der Waals surface area contributed by atoms with E-state index in [-0.39, 0.29) is 17.3 Å². The average Bonchev–Trinajstić information content (AvgIpc) is 2.69. The van der Waals surface area contributed by atoms with E-state index < -0.39 is 21.8 Å². The van der Waals surface area contributed by atoms with Gasteiger partial charge in [0.2, 0.25) is 5.91 Å². The van der Waals surface area contributed by atoms with Crippen LogP contribution in [-0.2, 0) is 14.8 Å². The zero-order valence-electron chi connectivity index (χ0n) is 15.1. The number of benzene rings is 1. The van der Waals surface area contributed by atoms with Crippen LogP contribution >= 0.6 is 0 Å². The maximum absolute atomic E-state index is 12.2. The van der Waals surface area contributed by atoms with Crippen LogP contribution in [0.4, 0.5) is 0 Å². The molecule has 0 aliphatic carbocycles. The molecule has 0 radical (unpaired) electrons. The third-order valence-electron chi connectivity index (χ3n) is 4.06. The molecule has 1 aromatic carbocycles. The van der Waals surface area contributed by atoms with Gasteiger partial charge >= 0.3 is 0 Å². The third-order valence-corrected chi connectivity index (χ3v) is 5.48. The summed E-state index contributed by atoms with van der Waals surface area (Å²) in [4.78, 5) is 24.3. The van der Waals surface area contributed by atoms with Gasteiger partial charge in [-0.15, -0.1) is 0 Å². The molecule has 28 heavy (non-hydrogen) atoms. The van der Waals surface area contributed by atoms with Crippen molar-refractivity contribution >= 4 is 15.9 Å². The van der Waals surface area contributed by atoms with E-state index in [0.717, 1.165) is 17.3 Å². The number of rotatable bonds is 7. The minimum absolute atomic E-state index is 0.167. The molecule has 3 aromatic rings. The number of carbonyl (C=O) groups excluding carboxylic acids is 1. The first-order valence-corrected chi connectivity index (χ1v) is 10.0. The van der Waals surface area contributed by atoms with Gasteiger partial charge in [-0.05, 0) is 22.8 Å². The van der Waals surface area contributed by atoms with Crippen LogP contribution in [0.15, 0.2) is 66.2 Å². The van der Waals surface area contributed by atoms with Gasteiger partial charge in [0.25, 0.3) is 10.0 Å². The molecule has 0 bridgehead atoms. The molecule has 0 spiro atoms. The summed E-state index contributed by atoms with van der Waals surface area (Å²) in [6, 6.07) is 11.0. The topological polar surface area (TPSA) is 128 Å². The van der Waals surface area contributed by atoms with E-state index >= 15 is 0 Å². The normalized spacial score (nSPS) is 12.5. The highest BCUT2D eigenvalue weighted by Crippen LogP contribution is 2.26. The summed E-state index contributed by atoms with van der Waals surface area (Å²) < 4.78 is 26.7. The lowest BCUT2D eigenvalue weighted by atomic mass is 9.93. The highest BCUT2D eigenvalue weighted by atomic mass is 32.2. The number of nitrogens with two attached hydrogens (primary N) is 1. The van der Waals surface area contributed by atoms with Gasteiger partial charge < -0.3 is 5.73 Å². The van der Waals surface area contributed by atoms with Crippen molar-refractivity contribution in [2.24, 2.45) is 5.73 Å². The summed E-state index contributed by atoms with van der Waals surface area (Å²) in [6.45, 7) is 1.87. The number of pyridine rings is 1. The third kappa shape index (κ3) is 4.21. The lowest BCUT2D eigenvalue weighted by Gasteiger charge is -2.15. The Hall–Kier alpha value is -3.17. The Bertz CT molecular complexity index is 1070. The van der Waals surface area contributed by atoms with Crippen molar-refractivity contribution in [3.05, 3.63) is 72.4 Å². The second kappa shape index (κ2) is 8.24. The number of nitrogens with zero attached hydrogens (tertiary/aromatic N) is 3. The Kier molecular flexibility index (Phi) is 5.76. The predicted molar refractivity (Wildman–Crippen MR) is 104 cm³/mol. The summed E-state index contributed by atoms with van der Waals surface area (Å²) in [6.07, 6.45) is 5.90. The zero-order chi connectivity index (χ0) is 20.1. The van der Waals surface area contributed by atoms with Gasteiger partial charge in [-0.25, -0.2) is 18.1 Å². The molecule has 9 heteroatoms. The fourth-order valence-corrected chi connectivity index (χ4v) is 3.73. The number of carbonyl (C=O) groups is 1. The van der Waals surface area contributed by atoms with Crippen LogP contribution in [0.2, 0.25) is 0 Å². The molecule has 0 saturated heterocycles. The number of amides is 1. The number of hydrogen-bond acceptors (Lipinski definition) is 6. The number of sulfonamides is 1. The second-order valence-corrected chi connectivity index (χ2v) is 7.70. The molecule has 8 nitrogen and oxygen atoms in total. The maximum Gasteiger partial charge on any atom is 0.259 e. The molecule has 1 amide bonds. The maximum atomic E-state index is 12.2. The SMILES string of the molecule is CCNS(=O)(=O)c1cncc(C(C(N)=O)c2ccc(-c3cccnc3)cc2)n1.